The second-order valence-electron chi connectivity index (χ2n) is 4.73. The van der Waals surface area contributed by atoms with Crippen LogP contribution in [-0.4, -0.2) is 36.1 Å². The molecule has 0 spiro atoms. The Kier molecular flexibility index (Phi) is 3.73. The molecule has 0 aliphatic carbocycles. The summed E-state index contributed by atoms with van der Waals surface area (Å²) in [6, 6.07) is 8.01. The number of para-hydroxylation sites is 2. The standard InChI is InChI=1S/C14H16BrN5/c15-11-9-17-10-18-14(11)20-7-5-19(6-8-20)13-4-2-1-3-12(13)16/h1-4,9-10H,5-8,16H2. The van der Waals surface area contributed by atoms with E-state index < -0.39 is 0 Å². The molecule has 3 rings (SSSR count). The highest BCUT2D eigenvalue weighted by molar-refractivity contribution is 9.10. The Morgan fingerprint density at radius 3 is 2.45 bits per heavy atom. The molecule has 0 atom stereocenters. The molecular formula is C14H16BrN5. The lowest BCUT2D eigenvalue weighted by Crippen LogP contribution is -2.47. The number of nitrogen functional groups attached to an aromatic ring is 1. The molecule has 20 heavy (non-hydrogen) atoms. The summed E-state index contributed by atoms with van der Waals surface area (Å²) in [4.78, 5) is 12.9. The van der Waals surface area contributed by atoms with E-state index in [1.165, 1.54) is 0 Å². The van der Waals surface area contributed by atoms with E-state index in [-0.39, 0.29) is 0 Å². The first-order valence-corrected chi connectivity index (χ1v) is 7.35. The molecule has 2 aromatic rings. The molecule has 1 aromatic carbocycles. The highest BCUT2D eigenvalue weighted by Gasteiger charge is 2.20. The van der Waals surface area contributed by atoms with Crippen LogP contribution in [0.5, 0.6) is 0 Å². The SMILES string of the molecule is Nc1ccccc1N1CCN(c2ncncc2Br)CC1. The molecule has 0 bridgehead atoms. The molecule has 2 N–H and O–H groups in total. The van der Waals surface area contributed by atoms with Gasteiger partial charge in [0.25, 0.3) is 0 Å². The molecule has 104 valence electrons. The minimum absolute atomic E-state index is 0.837. The molecule has 0 radical (unpaired) electrons. The third-order valence-corrected chi connectivity index (χ3v) is 4.06. The summed E-state index contributed by atoms with van der Waals surface area (Å²) < 4.78 is 0.938. The lowest BCUT2D eigenvalue weighted by atomic mass is 10.2. The minimum atomic E-state index is 0.837. The van der Waals surface area contributed by atoms with Crippen LogP contribution in [0.3, 0.4) is 0 Å². The first-order chi connectivity index (χ1) is 9.75. The number of anilines is 3. The summed E-state index contributed by atoms with van der Waals surface area (Å²) in [5, 5.41) is 0. The van der Waals surface area contributed by atoms with Gasteiger partial charge < -0.3 is 15.5 Å². The van der Waals surface area contributed by atoms with Crippen molar-refractivity contribution in [3.63, 3.8) is 0 Å². The first-order valence-electron chi connectivity index (χ1n) is 6.55. The van der Waals surface area contributed by atoms with Gasteiger partial charge in [-0.15, -0.1) is 0 Å². The van der Waals surface area contributed by atoms with Crippen LogP contribution in [-0.2, 0) is 0 Å². The summed E-state index contributed by atoms with van der Waals surface area (Å²) in [6.07, 6.45) is 3.37. The van der Waals surface area contributed by atoms with Crippen LogP contribution in [0.1, 0.15) is 0 Å². The fourth-order valence-corrected chi connectivity index (χ4v) is 2.94. The number of hydrogen-bond acceptors (Lipinski definition) is 5. The third kappa shape index (κ3) is 2.56. The maximum absolute atomic E-state index is 6.04. The molecule has 5 nitrogen and oxygen atoms in total. The van der Waals surface area contributed by atoms with Crippen LogP contribution < -0.4 is 15.5 Å². The monoisotopic (exact) mass is 333 g/mol. The highest BCUT2D eigenvalue weighted by Crippen LogP contribution is 2.27. The third-order valence-electron chi connectivity index (χ3n) is 3.50. The van der Waals surface area contributed by atoms with Crippen molar-refractivity contribution in [2.75, 3.05) is 41.7 Å². The quantitative estimate of drug-likeness (QED) is 0.853. The fraction of sp³-hybridized carbons (Fsp3) is 0.286. The van der Waals surface area contributed by atoms with Gasteiger partial charge in [-0.05, 0) is 28.1 Å². The average molecular weight is 334 g/mol. The predicted octanol–water partition coefficient (Wildman–Crippen LogP) is 2.15. The van der Waals surface area contributed by atoms with Crippen molar-refractivity contribution in [2.24, 2.45) is 0 Å². The predicted molar refractivity (Wildman–Crippen MR) is 85.0 cm³/mol. The molecule has 1 aliphatic rings. The lowest BCUT2D eigenvalue weighted by molar-refractivity contribution is 0.646. The van der Waals surface area contributed by atoms with Gasteiger partial charge in [-0.25, -0.2) is 9.97 Å². The van der Waals surface area contributed by atoms with Gasteiger partial charge in [-0.1, -0.05) is 12.1 Å². The van der Waals surface area contributed by atoms with Crippen LogP contribution in [0.4, 0.5) is 17.2 Å². The molecule has 1 saturated heterocycles. The highest BCUT2D eigenvalue weighted by atomic mass is 79.9. The van der Waals surface area contributed by atoms with Crippen molar-refractivity contribution < 1.29 is 0 Å². The lowest BCUT2D eigenvalue weighted by Gasteiger charge is -2.37. The second-order valence-corrected chi connectivity index (χ2v) is 5.58. The molecule has 0 amide bonds. The summed E-state index contributed by atoms with van der Waals surface area (Å²) in [5.74, 6) is 0.959. The van der Waals surface area contributed by atoms with Gasteiger partial charge >= 0.3 is 0 Å². The number of aromatic nitrogens is 2. The Morgan fingerprint density at radius 2 is 1.75 bits per heavy atom. The van der Waals surface area contributed by atoms with E-state index in [9.17, 15) is 0 Å². The van der Waals surface area contributed by atoms with Crippen molar-refractivity contribution in [3.05, 3.63) is 41.3 Å². The van der Waals surface area contributed by atoms with Crippen molar-refractivity contribution in [3.8, 4) is 0 Å². The van der Waals surface area contributed by atoms with Gasteiger partial charge in [0.1, 0.15) is 12.1 Å². The van der Waals surface area contributed by atoms with E-state index in [1.807, 2.05) is 18.2 Å². The summed E-state index contributed by atoms with van der Waals surface area (Å²) >= 11 is 3.50. The normalized spacial score (nSPS) is 15.4. The van der Waals surface area contributed by atoms with Gasteiger partial charge in [0.15, 0.2) is 0 Å². The number of halogens is 1. The van der Waals surface area contributed by atoms with Gasteiger partial charge in [-0.3, -0.25) is 0 Å². The molecule has 1 aromatic heterocycles. The first kappa shape index (κ1) is 13.2. The van der Waals surface area contributed by atoms with Crippen molar-refractivity contribution in [2.45, 2.75) is 0 Å². The van der Waals surface area contributed by atoms with Crippen LogP contribution in [0.25, 0.3) is 0 Å². The largest absolute Gasteiger partial charge is 0.397 e. The Labute approximate surface area is 126 Å². The van der Waals surface area contributed by atoms with Crippen molar-refractivity contribution in [1.82, 2.24) is 9.97 Å². The van der Waals surface area contributed by atoms with Crippen LogP contribution >= 0.6 is 15.9 Å². The maximum Gasteiger partial charge on any atom is 0.146 e. The fourth-order valence-electron chi connectivity index (χ4n) is 2.47. The van der Waals surface area contributed by atoms with Gasteiger partial charge in [0, 0.05) is 32.4 Å². The Bertz CT molecular complexity index is 542. The number of nitrogens with two attached hydrogens (primary N) is 1. The molecule has 0 saturated carbocycles. The van der Waals surface area contributed by atoms with Crippen molar-refractivity contribution in [1.29, 1.82) is 0 Å². The Balaban J connectivity index is 1.72. The molecule has 2 heterocycles. The number of piperazine rings is 1. The molecule has 0 unspecified atom stereocenters. The van der Waals surface area contributed by atoms with Gasteiger partial charge in [0.2, 0.25) is 0 Å². The zero-order chi connectivity index (χ0) is 13.9. The second kappa shape index (κ2) is 5.66. The van der Waals surface area contributed by atoms with Gasteiger partial charge in [0.05, 0.1) is 15.8 Å². The topological polar surface area (TPSA) is 58.3 Å². The number of rotatable bonds is 2. The summed E-state index contributed by atoms with van der Waals surface area (Å²) in [6.45, 7) is 3.71. The van der Waals surface area contributed by atoms with E-state index in [0.29, 0.717) is 0 Å². The van der Waals surface area contributed by atoms with Crippen LogP contribution in [0, 0.1) is 0 Å². The van der Waals surface area contributed by atoms with E-state index in [0.717, 1.165) is 47.8 Å². The van der Waals surface area contributed by atoms with Crippen molar-refractivity contribution >= 4 is 33.1 Å². The Morgan fingerprint density at radius 1 is 1.05 bits per heavy atom. The summed E-state index contributed by atoms with van der Waals surface area (Å²) in [7, 11) is 0. The van der Waals surface area contributed by atoms with Crippen LogP contribution in [0.2, 0.25) is 0 Å². The van der Waals surface area contributed by atoms with E-state index in [4.69, 9.17) is 5.73 Å². The zero-order valence-electron chi connectivity index (χ0n) is 11.0. The maximum atomic E-state index is 6.04. The Hall–Kier alpha value is -1.82. The molecule has 1 aliphatic heterocycles. The molecule has 6 heteroatoms. The minimum Gasteiger partial charge on any atom is -0.397 e. The van der Waals surface area contributed by atoms with E-state index in [1.54, 1.807) is 12.5 Å². The zero-order valence-corrected chi connectivity index (χ0v) is 12.6. The summed E-state index contributed by atoms with van der Waals surface area (Å²) in [5.41, 5.74) is 7.99. The van der Waals surface area contributed by atoms with Gasteiger partial charge in [-0.2, -0.15) is 0 Å². The van der Waals surface area contributed by atoms with Crippen LogP contribution in [0.15, 0.2) is 41.3 Å². The van der Waals surface area contributed by atoms with E-state index >= 15 is 0 Å². The van der Waals surface area contributed by atoms with E-state index in [2.05, 4.69) is 41.8 Å². The number of nitrogens with zero attached hydrogens (tertiary/aromatic N) is 4. The molecule has 1 fully saturated rings. The average Bonchev–Trinajstić information content (AvgIpc) is 2.49. The smallest absolute Gasteiger partial charge is 0.146 e. The molecular weight excluding hydrogens is 318 g/mol. The number of hydrogen-bond donors (Lipinski definition) is 1. The number of benzene rings is 1.